The van der Waals surface area contributed by atoms with Crippen LogP contribution in [0.2, 0.25) is 0 Å². The lowest BCUT2D eigenvalue weighted by Gasteiger charge is -2.07. The largest absolute Gasteiger partial charge is 0.343 e. The maximum atomic E-state index is 13.2. The van der Waals surface area contributed by atoms with Crippen LogP contribution < -0.4 is 5.48 Å². The number of halogens is 1. The van der Waals surface area contributed by atoms with Gasteiger partial charge in [0.05, 0.1) is 0 Å². The number of nitrogens with zero attached hydrogens (tertiary/aromatic N) is 1. The third-order valence-electron chi connectivity index (χ3n) is 3.38. The van der Waals surface area contributed by atoms with E-state index in [1.807, 2.05) is 29.0 Å². The second-order valence-corrected chi connectivity index (χ2v) is 4.79. The molecule has 106 valence electrons. The minimum absolute atomic E-state index is 0.274. The summed E-state index contributed by atoms with van der Waals surface area (Å²) in [5, 5.41) is 9.67. The molecule has 0 bridgehead atoms. The first kappa shape index (κ1) is 13.3. The van der Waals surface area contributed by atoms with E-state index in [0.29, 0.717) is 12.1 Å². The van der Waals surface area contributed by atoms with Crippen molar-refractivity contribution in [1.82, 2.24) is 10.0 Å². The molecule has 1 amide bonds. The summed E-state index contributed by atoms with van der Waals surface area (Å²) < 4.78 is 15.2. The number of hydroxylamine groups is 1. The fraction of sp³-hybridized carbons (Fsp3) is 0.0625. The van der Waals surface area contributed by atoms with Crippen LogP contribution in [0.15, 0.2) is 54.7 Å². The van der Waals surface area contributed by atoms with Crippen LogP contribution in [0.5, 0.6) is 0 Å². The molecule has 0 aliphatic carbocycles. The van der Waals surface area contributed by atoms with Gasteiger partial charge in [-0.15, -0.1) is 0 Å². The zero-order chi connectivity index (χ0) is 14.8. The van der Waals surface area contributed by atoms with E-state index in [1.165, 1.54) is 12.1 Å². The van der Waals surface area contributed by atoms with E-state index in [9.17, 15) is 9.18 Å². The van der Waals surface area contributed by atoms with Crippen LogP contribution in [-0.2, 0) is 6.54 Å². The van der Waals surface area contributed by atoms with Gasteiger partial charge >= 0.3 is 0 Å². The number of aromatic nitrogens is 1. The molecule has 3 rings (SSSR count). The molecule has 0 atom stereocenters. The van der Waals surface area contributed by atoms with E-state index in [2.05, 4.69) is 0 Å². The van der Waals surface area contributed by atoms with Gasteiger partial charge in [-0.05, 0) is 41.3 Å². The Kier molecular flexibility index (Phi) is 3.41. The van der Waals surface area contributed by atoms with Crippen LogP contribution in [0.1, 0.15) is 15.9 Å². The van der Waals surface area contributed by atoms with E-state index < -0.39 is 5.91 Å². The van der Waals surface area contributed by atoms with Gasteiger partial charge in [-0.1, -0.05) is 18.2 Å². The van der Waals surface area contributed by atoms with Crippen LogP contribution in [0.25, 0.3) is 10.9 Å². The van der Waals surface area contributed by atoms with Gasteiger partial charge in [-0.3, -0.25) is 10.0 Å². The number of carbonyl (C=O) groups is 1. The maximum absolute atomic E-state index is 13.2. The molecule has 1 aromatic heterocycles. The highest BCUT2D eigenvalue weighted by molar-refractivity contribution is 5.97. The highest BCUT2D eigenvalue weighted by atomic mass is 19.1. The van der Waals surface area contributed by atoms with Crippen molar-refractivity contribution >= 4 is 16.8 Å². The summed E-state index contributed by atoms with van der Waals surface area (Å²) >= 11 is 0. The third-order valence-corrected chi connectivity index (χ3v) is 3.38. The summed E-state index contributed by atoms with van der Waals surface area (Å²) in [6.07, 6.45) is 1.89. The Bertz CT molecular complexity index is 811. The summed E-state index contributed by atoms with van der Waals surface area (Å²) in [4.78, 5) is 11.5. The fourth-order valence-electron chi connectivity index (χ4n) is 2.36. The number of amides is 1. The molecule has 0 aliphatic heterocycles. The predicted octanol–water partition coefficient (Wildman–Crippen LogP) is 2.95. The van der Waals surface area contributed by atoms with Gasteiger partial charge < -0.3 is 4.57 Å². The zero-order valence-electron chi connectivity index (χ0n) is 11.1. The topological polar surface area (TPSA) is 54.3 Å². The first-order valence-electron chi connectivity index (χ1n) is 6.45. The number of carbonyl (C=O) groups excluding carboxylic acids is 1. The molecule has 0 radical (unpaired) electrons. The van der Waals surface area contributed by atoms with E-state index >= 15 is 0 Å². The Morgan fingerprint density at radius 1 is 1.19 bits per heavy atom. The molecule has 0 saturated heterocycles. The van der Waals surface area contributed by atoms with Crippen molar-refractivity contribution in [2.45, 2.75) is 6.54 Å². The quantitative estimate of drug-likeness (QED) is 0.574. The highest BCUT2D eigenvalue weighted by Crippen LogP contribution is 2.19. The summed E-state index contributed by atoms with van der Waals surface area (Å²) in [5.74, 6) is -0.834. The second-order valence-electron chi connectivity index (χ2n) is 4.79. The first-order chi connectivity index (χ1) is 10.2. The normalized spacial score (nSPS) is 10.8. The van der Waals surface area contributed by atoms with E-state index in [1.54, 1.807) is 23.7 Å². The SMILES string of the molecule is O=C(NO)c1ccc2ccn(Cc3cccc(F)c3)c2c1. The molecule has 3 aromatic rings. The molecule has 0 fully saturated rings. The van der Waals surface area contributed by atoms with Crippen molar-refractivity contribution in [3.63, 3.8) is 0 Å². The van der Waals surface area contributed by atoms with Crippen molar-refractivity contribution in [2.75, 3.05) is 0 Å². The van der Waals surface area contributed by atoms with Crippen LogP contribution >= 0.6 is 0 Å². The molecular formula is C16H13FN2O2. The summed E-state index contributed by atoms with van der Waals surface area (Å²) in [6.45, 7) is 0.505. The van der Waals surface area contributed by atoms with Gasteiger partial charge in [0, 0.05) is 23.8 Å². The third kappa shape index (κ3) is 2.64. The predicted molar refractivity (Wildman–Crippen MR) is 76.7 cm³/mol. The summed E-state index contributed by atoms with van der Waals surface area (Å²) in [5.41, 5.74) is 3.67. The molecule has 0 spiro atoms. The maximum Gasteiger partial charge on any atom is 0.274 e. The Morgan fingerprint density at radius 2 is 2.05 bits per heavy atom. The van der Waals surface area contributed by atoms with Crippen molar-refractivity contribution in [3.8, 4) is 0 Å². The van der Waals surface area contributed by atoms with Crippen LogP contribution in [0, 0.1) is 5.82 Å². The Balaban J connectivity index is 2.00. The first-order valence-corrected chi connectivity index (χ1v) is 6.45. The van der Waals surface area contributed by atoms with Crippen LogP contribution in [0.3, 0.4) is 0 Å². The second kappa shape index (κ2) is 5.38. The monoisotopic (exact) mass is 284 g/mol. The van der Waals surface area contributed by atoms with Crippen LogP contribution in [0.4, 0.5) is 4.39 Å². The van der Waals surface area contributed by atoms with Gasteiger partial charge in [0.1, 0.15) is 5.82 Å². The molecule has 2 aromatic carbocycles. The Labute approximate surface area is 120 Å². The number of rotatable bonds is 3. The highest BCUT2D eigenvalue weighted by Gasteiger charge is 2.08. The number of nitrogens with one attached hydrogen (secondary N) is 1. The molecule has 0 unspecified atom stereocenters. The molecule has 2 N–H and O–H groups in total. The number of hydrogen-bond donors (Lipinski definition) is 2. The lowest BCUT2D eigenvalue weighted by Crippen LogP contribution is -2.18. The van der Waals surface area contributed by atoms with Gasteiger partial charge in [0.25, 0.3) is 5.91 Å². The number of fused-ring (bicyclic) bond motifs is 1. The van der Waals surface area contributed by atoms with Crippen LogP contribution in [-0.4, -0.2) is 15.7 Å². The number of hydrogen-bond acceptors (Lipinski definition) is 2. The summed E-state index contributed by atoms with van der Waals surface area (Å²) in [6, 6.07) is 13.5. The van der Waals surface area contributed by atoms with Gasteiger partial charge in [-0.2, -0.15) is 0 Å². The van der Waals surface area contributed by atoms with Gasteiger partial charge in [-0.25, -0.2) is 9.87 Å². The minimum Gasteiger partial charge on any atom is -0.343 e. The average molecular weight is 284 g/mol. The van der Waals surface area contributed by atoms with E-state index in [4.69, 9.17) is 5.21 Å². The van der Waals surface area contributed by atoms with Crippen molar-refractivity contribution < 1.29 is 14.4 Å². The molecule has 4 nitrogen and oxygen atoms in total. The minimum atomic E-state index is -0.560. The number of benzene rings is 2. The van der Waals surface area contributed by atoms with Crippen molar-refractivity contribution in [3.05, 3.63) is 71.7 Å². The Hall–Kier alpha value is -2.66. The van der Waals surface area contributed by atoms with E-state index in [-0.39, 0.29) is 5.82 Å². The van der Waals surface area contributed by atoms with Crippen molar-refractivity contribution in [1.29, 1.82) is 0 Å². The molecule has 21 heavy (non-hydrogen) atoms. The molecule has 1 heterocycles. The molecule has 0 saturated carbocycles. The average Bonchev–Trinajstić information content (AvgIpc) is 2.89. The smallest absolute Gasteiger partial charge is 0.274 e. The zero-order valence-corrected chi connectivity index (χ0v) is 11.1. The van der Waals surface area contributed by atoms with Gasteiger partial charge in [0.2, 0.25) is 0 Å². The molecule has 0 aliphatic rings. The lowest BCUT2D eigenvalue weighted by atomic mass is 10.1. The summed E-state index contributed by atoms with van der Waals surface area (Å²) in [7, 11) is 0. The molecular weight excluding hydrogens is 271 g/mol. The molecule has 5 heteroatoms. The van der Waals surface area contributed by atoms with Crippen molar-refractivity contribution in [2.24, 2.45) is 0 Å². The fourth-order valence-corrected chi connectivity index (χ4v) is 2.36. The van der Waals surface area contributed by atoms with E-state index in [0.717, 1.165) is 16.5 Å². The standard InChI is InChI=1S/C16H13FN2O2/c17-14-3-1-2-11(8-14)10-19-7-6-12-4-5-13(9-15(12)19)16(20)18-21/h1-9,21H,10H2,(H,18,20). The van der Waals surface area contributed by atoms with Gasteiger partial charge in [0.15, 0.2) is 0 Å². The lowest BCUT2D eigenvalue weighted by molar-refractivity contribution is 0.0706. The Morgan fingerprint density at radius 3 is 2.81 bits per heavy atom.